The van der Waals surface area contributed by atoms with Crippen molar-refractivity contribution in [3.05, 3.63) is 43.1 Å². The number of halogens is 1. The van der Waals surface area contributed by atoms with Crippen LogP contribution in [0.3, 0.4) is 0 Å². The van der Waals surface area contributed by atoms with Gasteiger partial charge in [-0.15, -0.1) is 5.10 Å². The van der Waals surface area contributed by atoms with Crippen LogP contribution < -0.4 is 21.5 Å². The Hall–Kier alpha value is -2.35. The minimum Gasteiger partial charge on any atom is -1.00 e. The van der Waals surface area contributed by atoms with E-state index in [0.717, 1.165) is 5.56 Å². The predicted molar refractivity (Wildman–Crippen MR) is 73.0 cm³/mol. The molecule has 0 atom stereocenters. The minimum absolute atomic E-state index is 0. The molecule has 3 aromatic heterocycles. The average molecular weight is 364 g/mol. The van der Waals surface area contributed by atoms with E-state index in [9.17, 15) is 4.79 Å². The topological polar surface area (TPSA) is 73.3 Å². The molecule has 3 aromatic rings. The second-order valence-corrected chi connectivity index (χ2v) is 4.47. The largest absolute Gasteiger partial charge is 1.00 e. The van der Waals surface area contributed by atoms with Gasteiger partial charge in [-0.05, 0) is 0 Å². The second-order valence-electron chi connectivity index (χ2n) is 4.47. The zero-order valence-corrected chi connectivity index (χ0v) is 13.5. The van der Waals surface area contributed by atoms with Gasteiger partial charge in [0, 0.05) is 30.1 Å². The Bertz CT molecular complexity index is 739. The van der Waals surface area contributed by atoms with E-state index < -0.39 is 0 Å². The van der Waals surface area contributed by atoms with Gasteiger partial charge in [-0.25, -0.2) is 14.1 Å². The molecule has 114 valence electrons. The molecule has 0 bridgehead atoms. The van der Waals surface area contributed by atoms with Crippen LogP contribution in [0.4, 0.5) is 0 Å². The number of pyridine rings is 1. The van der Waals surface area contributed by atoms with E-state index in [-0.39, 0.29) is 23.0 Å². The molecule has 0 N–H and O–H groups in total. The summed E-state index contributed by atoms with van der Waals surface area (Å²) < 4.78 is 8.21. The first-order valence-electron chi connectivity index (χ1n) is 6.49. The number of hydrogen-bond donors (Lipinski definition) is 0. The maximum atomic E-state index is 11.1. The van der Waals surface area contributed by atoms with E-state index in [1.807, 2.05) is 29.1 Å². The van der Waals surface area contributed by atoms with E-state index in [0.29, 0.717) is 24.4 Å². The van der Waals surface area contributed by atoms with Crippen molar-refractivity contribution in [2.75, 3.05) is 7.11 Å². The van der Waals surface area contributed by atoms with Crippen LogP contribution in [-0.4, -0.2) is 32.7 Å². The zero-order valence-electron chi connectivity index (χ0n) is 11.9. The van der Waals surface area contributed by atoms with Crippen LogP contribution in [0.25, 0.3) is 17.0 Å². The lowest BCUT2D eigenvalue weighted by molar-refractivity contribution is -0.695. The van der Waals surface area contributed by atoms with E-state index >= 15 is 0 Å². The molecule has 0 fully saturated rings. The first-order chi connectivity index (χ1) is 10.3. The van der Waals surface area contributed by atoms with Crippen molar-refractivity contribution >= 4 is 11.6 Å². The van der Waals surface area contributed by atoms with Gasteiger partial charge in [-0.1, -0.05) is 0 Å². The normalized spacial score (nSPS) is 10.2. The highest BCUT2D eigenvalue weighted by Crippen LogP contribution is 2.13. The lowest BCUT2D eigenvalue weighted by Gasteiger charge is -1.97. The molecule has 0 aliphatic heterocycles. The Balaban J connectivity index is 0.00000176. The quantitative estimate of drug-likeness (QED) is 0.383. The number of aromatic nitrogens is 5. The second kappa shape index (κ2) is 7.08. The van der Waals surface area contributed by atoms with Gasteiger partial charge in [0.05, 0.1) is 13.3 Å². The van der Waals surface area contributed by atoms with Gasteiger partial charge >= 0.3 is 5.97 Å². The van der Waals surface area contributed by atoms with Crippen molar-refractivity contribution in [1.29, 1.82) is 0 Å². The summed E-state index contributed by atoms with van der Waals surface area (Å²) in [6, 6.07) is 3.83. The Morgan fingerprint density at radius 1 is 1.36 bits per heavy atom. The summed E-state index contributed by atoms with van der Waals surface area (Å²) >= 11 is 0. The molecule has 7 nitrogen and oxygen atoms in total. The number of fused-ring (bicyclic) bond motifs is 1. The van der Waals surface area contributed by atoms with Crippen LogP contribution in [0.2, 0.25) is 0 Å². The average Bonchev–Trinajstić information content (AvgIpc) is 2.97. The molecule has 3 heterocycles. The third-order valence-corrected chi connectivity index (χ3v) is 3.09. The lowest BCUT2D eigenvalue weighted by atomic mass is 10.2. The minimum atomic E-state index is -0.221. The number of esters is 1. The van der Waals surface area contributed by atoms with Crippen LogP contribution in [0.1, 0.15) is 6.42 Å². The number of aryl methyl sites for hydroxylation is 1. The van der Waals surface area contributed by atoms with Gasteiger partial charge in [0.2, 0.25) is 0 Å². The standard InChI is InChI=1S/C14H14N5O2.BrH/c1-21-13(20)4-8-18-6-2-11(3-7-18)14-16-12-10-15-5-9-19(12)17-14;/h2-3,5-7,9-10H,4,8H2,1H3;1H/q+1;/p-1. The molecule has 0 amide bonds. The first kappa shape index (κ1) is 16.0. The fourth-order valence-electron chi connectivity index (χ4n) is 1.94. The molecule has 0 spiro atoms. The third kappa shape index (κ3) is 3.45. The maximum absolute atomic E-state index is 11.1. The van der Waals surface area contributed by atoms with Crippen molar-refractivity contribution in [3.8, 4) is 11.4 Å². The molecule has 0 saturated carbocycles. The Kier molecular flexibility index (Phi) is 5.16. The molecular weight excluding hydrogens is 350 g/mol. The molecule has 0 aliphatic rings. The number of methoxy groups -OCH3 is 1. The molecule has 0 unspecified atom stereocenters. The summed E-state index contributed by atoms with van der Waals surface area (Å²) in [6.45, 7) is 0.579. The van der Waals surface area contributed by atoms with E-state index in [1.54, 1.807) is 23.1 Å². The summed E-state index contributed by atoms with van der Waals surface area (Å²) in [5.41, 5.74) is 1.61. The van der Waals surface area contributed by atoms with Crippen LogP contribution in [-0.2, 0) is 16.1 Å². The summed E-state index contributed by atoms with van der Waals surface area (Å²) in [5.74, 6) is 0.421. The zero-order chi connectivity index (χ0) is 14.7. The van der Waals surface area contributed by atoms with Crippen LogP contribution in [0.5, 0.6) is 0 Å². The van der Waals surface area contributed by atoms with E-state index in [4.69, 9.17) is 0 Å². The maximum Gasteiger partial charge on any atom is 0.311 e. The van der Waals surface area contributed by atoms with Crippen molar-refractivity contribution in [2.45, 2.75) is 13.0 Å². The highest BCUT2D eigenvalue weighted by atomic mass is 79.9. The Morgan fingerprint density at radius 3 is 2.82 bits per heavy atom. The van der Waals surface area contributed by atoms with Crippen LogP contribution >= 0.6 is 0 Å². The highest BCUT2D eigenvalue weighted by molar-refractivity contribution is 5.68. The molecule has 0 radical (unpaired) electrons. The number of hydrogen-bond acceptors (Lipinski definition) is 5. The molecule has 0 saturated heterocycles. The molecule has 0 aliphatic carbocycles. The van der Waals surface area contributed by atoms with Crippen LogP contribution in [0, 0.1) is 0 Å². The van der Waals surface area contributed by atoms with Crippen molar-refractivity contribution in [3.63, 3.8) is 0 Å². The van der Waals surface area contributed by atoms with Gasteiger partial charge in [0.1, 0.15) is 6.42 Å². The number of carbonyl (C=O) groups is 1. The Labute approximate surface area is 137 Å². The van der Waals surface area contributed by atoms with Crippen LogP contribution in [0.15, 0.2) is 43.1 Å². The predicted octanol–water partition coefficient (Wildman–Crippen LogP) is -2.35. The summed E-state index contributed by atoms with van der Waals surface area (Å²) in [7, 11) is 1.39. The number of rotatable bonds is 4. The third-order valence-electron chi connectivity index (χ3n) is 3.09. The number of nitrogens with zero attached hydrogens (tertiary/aromatic N) is 5. The molecule has 22 heavy (non-hydrogen) atoms. The summed E-state index contributed by atoms with van der Waals surface area (Å²) in [5, 5.41) is 4.38. The van der Waals surface area contributed by atoms with E-state index in [2.05, 4.69) is 19.8 Å². The monoisotopic (exact) mass is 363 g/mol. The summed E-state index contributed by atoms with van der Waals surface area (Å²) in [6.07, 6.45) is 9.21. The fourth-order valence-corrected chi connectivity index (χ4v) is 1.94. The fraction of sp³-hybridized carbons (Fsp3) is 0.214. The van der Waals surface area contributed by atoms with Gasteiger partial charge in [-0.2, -0.15) is 0 Å². The first-order valence-corrected chi connectivity index (χ1v) is 6.49. The van der Waals surface area contributed by atoms with Crippen molar-refractivity contribution in [2.24, 2.45) is 0 Å². The number of carbonyl (C=O) groups excluding carboxylic acids is 1. The van der Waals surface area contributed by atoms with Gasteiger partial charge in [0.25, 0.3) is 0 Å². The molecule has 8 heteroatoms. The molecule has 0 aromatic carbocycles. The van der Waals surface area contributed by atoms with Crippen molar-refractivity contribution in [1.82, 2.24) is 19.6 Å². The van der Waals surface area contributed by atoms with Gasteiger partial charge in [-0.3, -0.25) is 9.78 Å². The smallest absolute Gasteiger partial charge is 0.311 e. The highest BCUT2D eigenvalue weighted by Gasteiger charge is 2.10. The lowest BCUT2D eigenvalue weighted by Crippen LogP contribution is -3.00. The van der Waals surface area contributed by atoms with Gasteiger partial charge in [0.15, 0.2) is 30.4 Å². The Morgan fingerprint density at radius 2 is 2.14 bits per heavy atom. The number of ether oxygens (including phenoxy) is 1. The molecule has 3 rings (SSSR count). The van der Waals surface area contributed by atoms with Gasteiger partial charge < -0.3 is 21.7 Å². The summed E-state index contributed by atoms with van der Waals surface area (Å²) in [4.78, 5) is 19.5. The van der Waals surface area contributed by atoms with E-state index in [1.165, 1.54) is 7.11 Å². The molecular formula is C14H14BrN5O2. The SMILES string of the molecule is COC(=O)CC[n+]1ccc(-c2nc3cnccn3n2)cc1.[Br-]. The van der Waals surface area contributed by atoms with Crippen molar-refractivity contribution < 1.29 is 31.1 Å².